The van der Waals surface area contributed by atoms with Gasteiger partial charge in [0.25, 0.3) is 5.91 Å². The molecule has 1 amide bonds. The van der Waals surface area contributed by atoms with Crippen molar-refractivity contribution in [3.8, 4) is 22.8 Å². The molecule has 34 heavy (non-hydrogen) atoms. The van der Waals surface area contributed by atoms with E-state index in [9.17, 15) is 4.79 Å². The largest absolute Gasteiger partial charge is 0.497 e. The maximum atomic E-state index is 12.3. The van der Waals surface area contributed by atoms with Gasteiger partial charge in [-0.1, -0.05) is 18.2 Å². The van der Waals surface area contributed by atoms with E-state index in [1.54, 1.807) is 7.11 Å². The lowest BCUT2D eigenvalue weighted by Crippen LogP contribution is -2.56. The molecule has 3 saturated heterocycles. The van der Waals surface area contributed by atoms with Crippen LogP contribution < -0.4 is 14.8 Å². The number of carbonyl (C=O) groups is 1. The fourth-order valence-corrected chi connectivity index (χ4v) is 5.37. The topological polar surface area (TPSA) is 68.6 Å². The smallest absolute Gasteiger partial charge is 0.257 e. The number of rotatable bonds is 8. The fourth-order valence-electron chi connectivity index (χ4n) is 5.37. The average molecular weight is 461 g/mol. The van der Waals surface area contributed by atoms with E-state index >= 15 is 0 Å². The number of piperidine rings is 3. The zero-order valence-corrected chi connectivity index (χ0v) is 19.8. The molecule has 1 N–H and O–H groups in total. The van der Waals surface area contributed by atoms with Crippen LogP contribution >= 0.6 is 0 Å². The number of para-hydroxylation sites is 1. The Balaban J connectivity index is 1.18. The summed E-state index contributed by atoms with van der Waals surface area (Å²) in [5, 5.41) is 7.88. The lowest BCUT2D eigenvalue weighted by molar-refractivity contribution is -0.123. The highest BCUT2D eigenvalue weighted by molar-refractivity contribution is 5.77. The first-order valence-corrected chi connectivity index (χ1v) is 12.0. The Kier molecular flexibility index (Phi) is 6.54. The second-order valence-corrected chi connectivity index (χ2v) is 9.25. The van der Waals surface area contributed by atoms with Crippen LogP contribution in [0.5, 0.6) is 11.5 Å². The molecule has 178 valence electrons. The molecule has 1 aromatic heterocycles. The van der Waals surface area contributed by atoms with Crippen molar-refractivity contribution in [2.75, 3.05) is 33.4 Å². The zero-order valence-electron chi connectivity index (χ0n) is 19.8. The number of nitrogens with zero attached hydrogens (tertiary/aromatic N) is 3. The van der Waals surface area contributed by atoms with Gasteiger partial charge in [-0.25, -0.2) is 0 Å². The second-order valence-electron chi connectivity index (χ2n) is 9.25. The predicted octanol–water partition coefficient (Wildman–Crippen LogP) is 3.47. The quantitative estimate of drug-likeness (QED) is 0.558. The zero-order chi connectivity index (χ0) is 23.5. The summed E-state index contributed by atoms with van der Waals surface area (Å²) in [7, 11) is 3.73. The van der Waals surface area contributed by atoms with Crippen LogP contribution in [-0.4, -0.2) is 60.0 Å². The Morgan fingerprint density at radius 3 is 2.62 bits per heavy atom. The number of nitrogens with one attached hydrogen (secondary N) is 1. The normalized spacial score (nSPS) is 23.5. The molecule has 3 aromatic rings. The number of amides is 1. The highest BCUT2D eigenvalue weighted by atomic mass is 16.5. The summed E-state index contributed by atoms with van der Waals surface area (Å²) >= 11 is 0. The van der Waals surface area contributed by atoms with E-state index in [1.807, 2.05) is 54.2 Å². The van der Waals surface area contributed by atoms with Crippen LogP contribution in [0.3, 0.4) is 0 Å². The van der Waals surface area contributed by atoms with Crippen molar-refractivity contribution in [1.82, 2.24) is 20.0 Å². The summed E-state index contributed by atoms with van der Waals surface area (Å²) in [5.41, 5.74) is 3.39. The molecule has 0 aliphatic carbocycles. The van der Waals surface area contributed by atoms with Crippen LogP contribution in [0.25, 0.3) is 11.3 Å². The van der Waals surface area contributed by atoms with Gasteiger partial charge in [0.15, 0.2) is 6.61 Å². The first-order valence-electron chi connectivity index (χ1n) is 12.0. The van der Waals surface area contributed by atoms with Crippen molar-refractivity contribution in [1.29, 1.82) is 0 Å². The van der Waals surface area contributed by atoms with Crippen molar-refractivity contribution in [2.45, 2.75) is 24.8 Å². The summed E-state index contributed by atoms with van der Waals surface area (Å²) in [6.45, 7) is 2.81. The first-order chi connectivity index (χ1) is 16.6. The van der Waals surface area contributed by atoms with Crippen molar-refractivity contribution in [2.24, 2.45) is 13.0 Å². The third-order valence-corrected chi connectivity index (χ3v) is 7.21. The van der Waals surface area contributed by atoms with Gasteiger partial charge in [-0.2, -0.15) is 5.10 Å². The van der Waals surface area contributed by atoms with Gasteiger partial charge in [0.05, 0.1) is 12.8 Å². The van der Waals surface area contributed by atoms with Crippen LogP contribution in [0, 0.1) is 5.92 Å². The number of hydrogen-bond acceptors (Lipinski definition) is 5. The van der Waals surface area contributed by atoms with Crippen molar-refractivity contribution in [3.63, 3.8) is 0 Å². The Labute approximate surface area is 200 Å². The lowest BCUT2D eigenvalue weighted by atomic mass is 9.74. The molecule has 4 heterocycles. The van der Waals surface area contributed by atoms with Gasteiger partial charge in [0.1, 0.15) is 11.5 Å². The molecule has 7 heteroatoms. The van der Waals surface area contributed by atoms with Crippen LogP contribution in [0.4, 0.5) is 0 Å². The minimum Gasteiger partial charge on any atom is -0.497 e. The lowest BCUT2D eigenvalue weighted by Gasteiger charge is -2.49. The molecule has 2 bridgehead atoms. The number of aryl methyl sites for hydroxylation is 1. The van der Waals surface area contributed by atoms with E-state index in [0.717, 1.165) is 36.5 Å². The third-order valence-electron chi connectivity index (χ3n) is 7.21. The maximum Gasteiger partial charge on any atom is 0.257 e. The SMILES string of the molecule is COc1ccc(-c2cc(C3CN4CCC3CC4CNC(=O)COc3ccccc3)n(C)n2)cc1. The minimum absolute atomic E-state index is 0.0476. The number of fused-ring (bicyclic) bond motifs is 3. The van der Waals surface area contributed by atoms with Gasteiger partial charge < -0.3 is 14.8 Å². The van der Waals surface area contributed by atoms with Crippen LogP contribution in [0.2, 0.25) is 0 Å². The fraction of sp³-hybridized carbons (Fsp3) is 0.407. The van der Waals surface area contributed by atoms with E-state index in [0.29, 0.717) is 30.2 Å². The summed E-state index contributed by atoms with van der Waals surface area (Å²) in [6, 6.07) is 20.1. The molecule has 7 nitrogen and oxygen atoms in total. The number of aromatic nitrogens is 2. The second kappa shape index (κ2) is 9.89. The maximum absolute atomic E-state index is 12.3. The van der Waals surface area contributed by atoms with Crippen molar-refractivity contribution in [3.05, 3.63) is 66.4 Å². The molecule has 0 spiro atoms. The number of ether oxygens (including phenoxy) is 2. The van der Waals surface area contributed by atoms with E-state index in [4.69, 9.17) is 14.6 Å². The molecule has 0 saturated carbocycles. The van der Waals surface area contributed by atoms with E-state index in [-0.39, 0.29) is 12.5 Å². The third kappa shape index (κ3) is 4.80. The molecular weight excluding hydrogens is 428 g/mol. The molecule has 2 aromatic carbocycles. The van der Waals surface area contributed by atoms with Gasteiger partial charge >= 0.3 is 0 Å². The standard InChI is InChI=1S/C27H32N4O3/c1-30-26(15-25(29-30)19-8-10-22(33-2)11-9-19)24-17-31-13-12-20(24)14-21(31)16-28-27(32)18-34-23-6-4-3-5-7-23/h3-11,15,20-21,24H,12-14,16-18H2,1-2H3,(H,28,32). The highest BCUT2D eigenvalue weighted by Gasteiger charge is 2.41. The van der Waals surface area contributed by atoms with Gasteiger partial charge in [-0.3, -0.25) is 14.4 Å². The van der Waals surface area contributed by atoms with Gasteiger partial charge in [-0.15, -0.1) is 0 Å². The average Bonchev–Trinajstić information content (AvgIpc) is 3.28. The van der Waals surface area contributed by atoms with E-state index in [1.165, 1.54) is 12.1 Å². The van der Waals surface area contributed by atoms with Gasteiger partial charge in [-0.05, 0) is 67.8 Å². The molecule has 4 atom stereocenters. The molecule has 6 rings (SSSR count). The predicted molar refractivity (Wildman–Crippen MR) is 131 cm³/mol. The Hall–Kier alpha value is -3.32. The first kappa shape index (κ1) is 22.5. The molecule has 3 aliphatic heterocycles. The Morgan fingerprint density at radius 2 is 1.91 bits per heavy atom. The molecule has 0 radical (unpaired) electrons. The van der Waals surface area contributed by atoms with Gasteiger partial charge in [0, 0.05) is 43.4 Å². The van der Waals surface area contributed by atoms with Crippen molar-refractivity contribution < 1.29 is 14.3 Å². The molecule has 3 fully saturated rings. The van der Waals surface area contributed by atoms with E-state index in [2.05, 4.69) is 28.4 Å². The summed E-state index contributed by atoms with van der Waals surface area (Å²) < 4.78 is 12.9. The number of methoxy groups -OCH3 is 1. The Bertz CT molecular complexity index is 1110. The number of carbonyl (C=O) groups excluding carboxylic acids is 1. The van der Waals surface area contributed by atoms with E-state index < -0.39 is 0 Å². The molecule has 4 unspecified atom stereocenters. The Morgan fingerprint density at radius 1 is 1.12 bits per heavy atom. The number of benzene rings is 2. The summed E-state index contributed by atoms with van der Waals surface area (Å²) in [6.07, 6.45) is 2.28. The highest BCUT2D eigenvalue weighted by Crippen LogP contribution is 2.42. The monoisotopic (exact) mass is 460 g/mol. The van der Waals surface area contributed by atoms with Crippen LogP contribution in [-0.2, 0) is 11.8 Å². The molecule has 3 aliphatic rings. The number of hydrogen-bond donors (Lipinski definition) is 1. The summed E-state index contributed by atoms with van der Waals surface area (Å²) in [5.74, 6) is 2.56. The van der Waals surface area contributed by atoms with Crippen LogP contribution in [0.15, 0.2) is 60.7 Å². The van der Waals surface area contributed by atoms with Gasteiger partial charge in [0.2, 0.25) is 0 Å². The summed E-state index contributed by atoms with van der Waals surface area (Å²) in [4.78, 5) is 14.8. The van der Waals surface area contributed by atoms with Crippen molar-refractivity contribution >= 4 is 5.91 Å². The van der Waals surface area contributed by atoms with Crippen LogP contribution in [0.1, 0.15) is 24.5 Å². The minimum atomic E-state index is -0.0705. The molecular formula is C27H32N4O3.